The molecule has 6 nitrogen and oxygen atoms in total. The zero-order chi connectivity index (χ0) is 20.4. The summed E-state index contributed by atoms with van der Waals surface area (Å²) in [7, 11) is 1.37. The van der Waals surface area contributed by atoms with Crippen molar-refractivity contribution < 1.29 is 28.6 Å². The SMILES string of the molecule is C=C1C[C@@H](OC(=O)c2ccccc2)C[C@H]1OC=O.COC(=O)c1ccccc1. The van der Waals surface area contributed by atoms with Crippen LogP contribution in [0.5, 0.6) is 0 Å². The number of esters is 2. The molecule has 3 rings (SSSR count). The van der Waals surface area contributed by atoms with Crippen molar-refractivity contribution in [1.82, 2.24) is 0 Å². The van der Waals surface area contributed by atoms with Crippen molar-refractivity contribution in [2.75, 3.05) is 7.11 Å². The molecule has 0 radical (unpaired) electrons. The fourth-order valence-corrected chi connectivity index (χ4v) is 2.71. The molecule has 1 fully saturated rings. The van der Waals surface area contributed by atoms with Gasteiger partial charge in [-0.2, -0.15) is 0 Å². The van der Waals surface area contributed by atoms with E-state index in [1.165, 1.54) is 7.11 Å². The van der Waals surface area contributed by atoms with Crippen LogP contribution in [0.1, 0.15) is 33.6 Å². The Morgan fingerprint density at radius 2 is 1.50 bits per heavy atom. The molecule has 1 aliphatic rings. The molecule has 0 N–H and O–H groups in total. The maximum Gasteiger partial charge on any atom is 0.338 e. The van der Waals surface area contributed by atoms with Gasteiger partial charge in [0.2, 0.25) is 0 Å². The van der Waals surface area contributed by atoms with Gasteiger partial charge in [0.05, 0.1) is 18.2 Å². The lowest BCUT2D eigenvalue weighted by atomic mass is 10.2. The van der Waals surface area contributed by atoms with Crippen LogP contribution in [-0.2, 0) is 19.0 Å². The largest absolute Gasteiger partial charge is 0.465 e. The molecule has 1 aliphatic carbocycles. The number of hydrogen-bond donors (Lipinski definition) is 0. The van der Waals surface area contributed by atoms with E-state index >= 15 is 0 Å². The Hall–Kier alpha value is -3.41. The lowest BCUT2D eigenvalue weighted by Gasteiger charge is -2.11. The Morgan fingerprint density at radius 3 is 2.00 bits per heavy atom. The van der Waals surface area contributed by atoms with Crippen LogP contribution in [0.15, 0.2) is 72.8 Å². The minimum absolute atomic E-state index is 0.268. The third-order valence-electron chi connectivity index (χ3n) is 4.12. The van der Waals surface area contributed by atoms with Gasteiger partial charge in [0.25, 0.3) is 6.47 Å². The smallest absolute Gasteiger partial charge is 0.338 e. The third-order valence-corrected chi connectivity index (χ3v) is 4.12. The highest BCUT2D eigenvalue weighted by Crippen LogP contribution is 2.29. The van der Waals surface area contributed by atoms with E-state index in [-0.39, 0.29) is 24.1 Å². The summed E-state index contributed by atoms with van der Waals surface area (Å²) >= 11 is 0. The molecule has 0 saturated heterocycles. The lowest BCUT2D eigenvalue weighted by molar-refractivity contribution is -0.132. The molecule has 1 saturated carbocycles. The summed E-state index contributed by atoms with van der Waals surface area (Å²) in [6, 6.07) is 17.7. The number of carbonyl (C=O) groups is 3. The zero-order valence-corrected chi connectivity index (χ0v) is 15.6. The summed E-state index contributed by atoms with van der Waals surface area (Å²) in [6.45, 7) is 4.21. The first-order chi connectivity index (χ1) is 13.5. The molecule has 2 aromatic carbocycles. The van der Waals surface area contributed by atoms with Crippen LogP contribution in [0.3, 0.4) is 0 Å². The van der Waals surface area contributed by atoms with Crippen LogP contribution in [0.2, 0.25) is 0 Å². The van der Waals surface area contributed by atoms with Crippen molar-refractivity contribution in [1.29, 1.82) is 0 Å². The Morgan fingerprint density at radius 1 is 0.964 bits per heavy atom. The predicted octanol–water partition coefficient (Wildman–Crippen LogP) is 3.58. The Balaban J connectivity index is 0.000000237. The average molecular weight is 382 g/mol. The monoisotopic (exact) mass is 382 g/mol. The van der Waals surface area contributed by atoms with Crippen molar-refractivity contribution in [3.05, 3.63) is 83.9 Å². The molecule has 0 aliphatic heterocycles. The molecule has 0 bridgehead atoms. The highest BCUT2D eigenvalue weighted by molar-refractivity contribution is 5.89. The number of carbonyl (C=O) groups excluding carboxylic acids is 3. The van der Waals surface area contributed by atoms with Crippen LogP contribution in [-0.4, -0.2) is 37.7 Å². The van der Waals surface area contributed by atoms with Gasteiger partial charge in [0.15, 0.2) is 0 Å². The Labute approximate surface area is 163 Å². The second kappa shape index (κ2) is 10.7. The van der Waals surface area contributed by atoms with Crippen molar-refractivity contribution >= 4 is 18.4 Å². The molecule has 0 aromatic heterocycles. The molecule has 0 spiro atoms. The number of benzene rings is 2. The molecule has 28 heavy (non-hydrogen) atoms. The van der Waals surface area contributed by atoms with Gasteiger partial charge < -0.3 is 14.2 Å². The van der Waals surface area contributed by atoms with Gasteiger partial charge in [-0.1, -0.05) is 43.0 Å². The van der Waals surface area contributed by atoms with E-state index in [0.29, 0.717) is 30.4 Å². The summed E-state index contributed by atoms with van der Waals surface area (Å²) < 4.78 is 14.7. The van der Waals surface area contributed by atoms with E-state index < -0.39 is 0 Å². The number of hydrogen-bond acceptors (Lipinski definition) is 6. The molecule has 0 heterocycles. The van der Waals surface area contributed by atoms with Gasteiger partial charge in [-0.3, -0.25) is 4.79 Å². The van der Waals surface area contributed by atoms with Gasteiger partial charge in [0.1, 0.15) is 12.2 Å². The fourth-order valence-electron chi connectivity index (χ4n) is 2.71. The van der Waals surface area contributed by atoms with Crippen LogP contribution in [0.25, 0.3) is 0 Å². The Bertz CT molecular complexity index is 800. The average Bonchev–Trinajstić information content (AvgIpc) is 3.08. The molecule has 6 heteroatoms. The number of rotatable bonds is 5. The van der Waals surface area contributed by atoms with Crippen molar-refractivity contribution in [2.24, 2.45) is 0 Å². The molecule has 0 amide bonds. The lowest BCUT2D eigenvalue weighted by Crippen LogP contribution is -2.17. The standard InChI is InChI=1S/C14H14O4.C8H8O2/c1-10-7-12(8-13(10)17-9-15)18-14(16)11-5-3-2-4-6-11;1-10-8(9)7-5-3-2-4-6-7/h2-6,9,12-13H,1,7-8H2;2-6H,1H3/t12-,13-;/m1./s1. The minimum Gasteiger partial charge on any atom is -0.465 e. The number of ether oxygens (including phenoxy) is 3. The van der Waals surface area contributed by atoms with Crippen molar-refractivity contribution in [3.63, 3.8) is 0 Å². The summed E-state index contributed by atoms with van der Waals surface area (Å²) in [5.74, 6) is -0.652. The van der Waals surface area contributed by atoms with Gasteiger partial charge in [-0.05, 0) is 29.8 Å². The maximum atomic E-state index is 11.8. The van der Waals surface area contributed by atoms with E-state index in [0.717, 1.165) is 5.57 Å². The van der Waals surface area contributed by atoms with Gasteiger partial charge in [0, 0.05) is 12.8 Å². The second-order valence-electron chi connectivity index (χ2n) is 6.07. The normalized spacial score (nSPS) is 17.7. The van der Waals surface area contributed by atoms with Crippen molar-refractivity contribution in [2.45, 2.75) is 25.0 Å². The third kappa shape index (κ3) is 6.09. The van der Waals surface area contributed by atoms with Gasteiger partial charge in [-0.25, -0.2) is 9.59 Å². The van der Waals surface area contributed by atoms with E-state index in [4.69, 9.17) is 9.47 Å². The first kappa shape index (κ1) is 20.9. The first-order valence-corrected chi connectivity index (χ1v) is 8.71. The highest BCUT2D eigenvalue weighted by atomic mass is 16.6. The van der Waals surface area contributed by atoms with E-state index in [1.54, 1.807) is 48.5 Å². The van der Waals surface area contributed by atoms with Crippen molar-refractivity contribution in [3.8, 4) is 0 Å². The maximum absolute atomic E-state index is 11.8. The first-order valence-electron chi connectivity index (χ1n) is 8.71. The van der Waals surface area contributed by atoms with E-state index in [9.17, 15) is 14.4 Å². The summed E-state index contributed by atoms with van der Waals surface area (Å²) in [5.41, 5.74) is 1.89. The fraction of sp³-hybridized carbons (Fsp3) is 0.227. The zero-order valence-electron chi connectivity index (χ0n) is 15.6. The molecular weight excluding hydrogens is 360 g/mol. The predicted molar refractivity (Wildman–Crippen MR) is 103 cm³/mol. The molecular formula is C22H22O6. The molecule has 2 aromatic rings. The summed E-state index contributed by atoms with van der Waals surface area (Å²) in [4.78, 5) is 32.9. The highest BCUT2D eigenvalue weighted by Gasteiger charge is 2.32. The summed E-state index contributed by atoms with van der Waals surface area (Å²) in [5, 5.41) is 0. The van der Waals surface area contributed by atoms with E-state index in [2.05, 4.69) is 11.3 Å². The van der Waals surface area contributed by atoms with Crippen LogP contribution < -0.4 is 0 Å². The summed E-state index contributed by atoms with van der Waals surface area (Å²) in [6.07, 6.45) is 0.416. The molecule has 2 atom stereocenters. The van der Waals surface area contributed by atoms with Gasteiger partial charge in [-0.15, -0.1) is 0 Å². The van der Waals surface area contributed by atoms with E-state index in [1.807, 2.05) is 12.1 Å². The van der Waals surface area contributed by atoms with Crippen LogP contribution in [0, 0.1) is 0 Å². The number of methoxy groups -OCH3 is 1. The minimum atomic E-state index is -0.361. The van der Waals surface area contributed by atoms with Gasteiger partial charge >= 0.3 is 11.9 Å². The quantitative estimate of drug-likeness (QED) is 0.340. The van der Waals surface area contributed by atoms with Crippen LogP contribution >= 0.6 is 0 Å². The topological polar surface area (TPSA) is 78.9 Å². The van der Waals surface area contributed by atoms with Crippen LogP contribution in [0.4, 0.5) is 0 Å². The molecule has 0 unspecified atom stereocenters. The second-order valence-corrected chi connectivity index (χ2v) is 6.07. The Kier molecular flexibility index (Phi) is 7.96. The molecule has 146 valence electrons.